The number of carbonyl (C=O) groups excluding carboxylic acids is 1. The predicted octanol–water partition coefficient (Wildman–Crippen LogP) is 3.26. The van der Waals surface area contributed by atoms with Crippen molar-refractivity contribution in [1.82, 2.24) is 14.9 Å². The first kappa shape index (κ1) is 18.8. The number of piperidine rings is 1. The number of ether oxygens (including phenoxy) is 2. The summed E-state index contributed by atoms with van der Waals surface area (Å²) in [7, 11) is 1.64. The number of anilines is 3. The van der Waals surface area contributed by atoms with Crippen LogP contribution in [0.4, 0.5) is 22.1 Å². The molecule has 1 aliphatic rings. The van der Waals surface area contributed by atoms with E-state index in [2.05, 4.69) is 20.6 Å². The second-order valence-corrected chi connectivity index (χ2v) is 6.25. The van der Waals surface area contributed by atoms with Crippen LogP contribution in [-0.4, -0.2) is 53.8 Å². The van der Waals surface area contributed by atoms with Crippen LogP contribution in [0.1, 0.15) is 19.8 Å². The Morgan fingerprint density at radius 3 is 2.56 bits per heavy atom. The van der Waals surface area contributed by atoms with Crippen LogP contribution in [0.25, 0.3) is 0 Å². The minimum absolute atomic E-state index is 0.232. The molecule has 0 atom stereocenters. The maximum Gasteiger partial charge on any atom is 0.409 e. The molecule has 2 heterocycles. The predicted molar refractivity (Wildman–Crippen MR) is 104 cm³/mol. The molecular weight excluding hydrogens is 346 g/mol. The molecule has 1 aliphatic heterocycles. The molecule has 0 aliphatic carbocycles. The molecule has 8 heteroatoms. The maximum atomic E-state index is 11.8. The van der Waals surface area contributed by atoms with Crippen molar-refractivity contribution in [3.05, 3.63) is 36.7 Å². The zero-order valence-electron chi connectivity index (χ0n) is 15.6. The van der Waals surface area contributed by atoms with Crippen LogP contribution < -0.4 is 15.4 Å². The normalized spacial score (nSPS) is 14.5. The highest BCUT2D eigenvalue weighted by atomic mass is 16.6. The lowest BCUT2D eigenvalue weighted by Gasteiger charge is -2.31. The van der Waals surface area contributed by atoms with Crippen LogP contribution >= 0.6 is 0 Å². The quantitative estimate of drug-likeness (QED) is 0.806. The van der Waals surface area contributed by atoms with Gasteiger partial charge in [-0.1, -0.05) is 0 Å². The highest BCUT2D eigenvalue weighted by Crippen LogP contribution is 2.21. The van der Waals surface area contributed by atoms with Gasteiger partial charge in [0.2, 0.25) is 0 Å². The fourth-order valence-corrected chi connectivity index (χ4v) is 2.96. The van der Waals surface area contributed by atoms with E-state index in [-0.39, 0.29) is 12.1 Å². The monoisotopic (exact) mass is 371 g/mol. The third-order valence-corrected chi connectivity index (χ3v) is 4.40. The van der Waals surface area contributed by atoms with E-state index in [0.29, 0.717) is 25.5 Å². The van der Waals surface area contributed by atoms with E-state index in [4.69, 9.17) is 9.47 Å². The summed E-state index contributed by atoms with van der Waals surface area (Å²) in [6, 6.07) is 9.78. The van der Waals surface area contributed by atoms with E-state index in [1.807, 2.05) is 37.3 Å². The van der Waals surface area contributed by atoms with Gasteiger partial charge < -0.3 is 25.0 Å². The number of nitrogens with zero attached hydrogens (tertiary/aromatic N) is 3. The van der Waals surface area contributed by atoms with Gasteiger partial charge in [-0.05, 0) is 44.0 Å². The molecule has 1 aromatic heterocycles. The topological polar surface area (TPSA) is 88.6 Å². The molecule has 0 unspecified atom stereocenters. The Kier molecular flexibility index (Phi) is 6.30. The second kappa shape index (κ2) is 9.07. The first-order valence-corrected chi connectivity index (χ1v) is 9.09. The lowest BCUT2D eigenvalue weighted by Crippen LogP contribution is -2.42. The van der Waals surface area contributed by atoms with E-state index < -0.39 is 0 Å². The van der Waals surface area contributed by atoms with Crippen molar-refractivity contribution in [2.24, 2.45) is 0 Å². The molecule has 1 amide bonds. The molecule has 0 saturated carbocycles. The van der Waals surface area contributed by atoms with Crippen molar-refractivity contribution in [3.8, 4) is 5.75 Å². The summed E-state index contributed by atoms with van der Waals surface area (Å²) >= 11 is 0. The Labute approximate surface area is 158 Å². The Bertz CT molecular complexity index is 745. The van der Waals surface area contributed by atoms with Crippen LogP contribution in [0, 0.1) is 0 Å². The van der Waals surface area contributed by atoms with Crippen molar-refractivity contribution >= 4 is 23.4 Å². The van der Waals surface area contributed by atoms with E-state index in [1.54, 1.807) is 12.0 Å². The van der Waals surface area contributed by atoms with Crippen LogP contribution in [0.15, 0.2) is 36.7 Å². The number of carbonyl (C=O) groups is 1. The van der Waals surface area contributed by atoms with Gasteiger partial charge in [-0.3, -0.25) is 0 Å². The smallest absolute Gasteiger partial charge is 0.409 e. The van der Waals surface area contributed by atoms with Crippen molar-refractivity contribution in [3.63, 3.8) is 0 Å². The van der Waals surface area contributed by atoms with Crippen molar-refractivity contribution in [1.29, 1.82) is 0 Å². The van der Waals surface area contributed by atoms with Gasteiger partial charge >= 0.3 is 6.09 Å². The molecule has 0 radical (unpaired) electrons. The number of hydrogen-bond donors (Lipinski definition) is 2. The first-order chi connectivity index (χ1) is 13.2. The van der Waals surface area contributed by atoms with Gasteiger partial charge in [0.1, 0.15) is 23.7 Å². The first-order valence-electron chi connectivity index (χ1n) is 9.09. The summed E-state index contributed by atoms with van der Waals surface area (Å²) in [4.78, 5) is 22.1. The largest absolute Gasteiger partial charge is 0.497 e. The average molecular weight is 371 g/mol. The SMILES string of the molecule is CCOC(=O)N1CCC(Nc2cc(Nc3ccc(OC)cc3)ncn2)CC1. The summed E-state index contributed by atoms with van der Waals surface area (Å²) in [5.74, 6) is 2.27. The lowest BCUT2D eigenvalue weighted by atomic mass is 10.1. The molecule has 1 aromatic carbocycles. The lowest BCUT2D eigenvalue weighted by molar-refractivity contribution is 0.0983. The molecule has 0 spiro atoms. The van der Waals surface area contributed by atoms with Crippen LogP contribution in [-0.2, 0) is 4.74 Å². The zero-order valence-corrected chi connectivity index (χ0v) is 15.6. The minimum Gasteiger partial charge on any atom is -0.497 e. The van der Waals surface area contributed by atoms with Crippen LogP contribution in [0.5, 0.6) is 5.75 Å². The molecule has 3 rings (SSSR count). The summed E-state index contributed by atoms with van der Waals surface area (Å²) < 4.78 is 10.2. The van der Waals surface area contributed by atoms with Gasteiger partial charge in [0.15, 0.2) is 0 Å². The van der Waals surface area contributed by atoms with E-state index in [1.165, 1.54) is 6.33 Å². The average Bonchev–Trinajstić information content (AvgIpc) is 2.70. The Hall–Kier alpha value is -3.03. The number of methoxy groups -OCH3 is 1. The fourth-order valence-electron chi connectivity index (χ4n) is 2.96. The van der Waals surface area contributed by atoms with Gasteiger partial charge in [0.05, 0.1) is 13.7 Å². The molecule has 27 heavy (non-hydrogen) atoms. The molecule has 1 saturated heterocycles. The number of hydrogen-bond acceptors (Lipinski definition) is 7. The highest BCUT2D eigenvalue weighted by Gasteiger charge is 2.23. The van der Waals surface area contributed by atoms with E-state index in [0.717, 1.165) is 30.1 Å². The van der Waals surface area contributed by atoms with Crippen LogP contribution in [0.3, 0.4) is 0 Å². The molecule has 0 bridgehead atoms. The third-order valence-electron chi connectivity index (χ3n) is 4.40. The zero-order chi connectivity index (χ0) is 19.1. The fraction of sp³-hybridized carbons (Fsp3) is 0.421. The van der Waals surface area contributed by atoms with E-state index in [9.17, 15) is 4.79 Å². The second-order valence-electron chi connectivity index (χ2n) is 6.25. The molecule has 2 aromatic rings. The number of nitrogens with one attached hydrogen (secondary N) is 2. The minimum atomic E-state index is -0.232. The molecule has 144 valence electrons. The summed E-state index contributed by atoms with van der Waals surface area (Å²) in [5.41, 5.74) is 0.920. The standard InChI is InChI=1S/C19H25N5O3/c1-3-27-19(25)24-10-8-15(9-11-24)23-18-12-17(20-13-21-18)22-14-4-6-16(26-2)7-5-14/h4-7,12-13,15H,3,8-11H2,1-2H3,(H2,20,21,22,23). The number of aromatic nitrogens is 2. The molecule has 2 N–H and O–H groups in total. The van der Waals surface area contributed by atoms with Gasteiger partial charge in [0, 0.05) is 30.9 Å². The van der Waals surface area contributed by atoms with Crippen molar-refractivity contribution < 1.29 is 14.3 Å². The Morgan fingerprint density at radius 2 is 1.89 bits per heavy atom. The van der Waals surface area contributed by atoms with Crippen LogP contribution in [0.2, 0.25) is 0 Å². The van der Waals surface area contributed by atoms with Crippen molar-refractivity contribution in [2.45, 2.75) is 25.8 Å². The number of rotatable bonds is 6. The third kappa shape index (κ3) is 5.22. The van der Waals surface area contributed by atoms with Gasteiger partial charge in [-0.2, -0.15) is 0 Å². The van der Waals surface area contributed by atoms with Crippen molar-refractivity contribution in [2.75, 3.05) is 37.4 Å². The number of amides is 1. The van der Waals surface area contributed by atoms with E-state index >= 15 is 0 Å². The maximum absolute atomic E-state index is 11.8. The number of benzene rings is 1. The molecule has 1 fully saturated rings. The highest BCUT2D eigenvalue weighted by molar-refractivity contribution is 5.67. The summed E-state index contributed by atoms with van der Waals surface area (Å²) in [6.45, 7) is 3.58. The Balaban J connectivity index is 1.54. The number of likely N-dealkylation sites (tertiary alicyclic amines) is 1. The molecule has 8 nitrogen and oxygen atoms in total. The summed E-state index contributed by atoms with van der Waals surface area (Å²) in [5, 5.41) is 6.68. The summed E-state index contributed by atoms with van der Waals surface area (Å²) in [6.07, 6.45) is 3.00. The van der Waals surface area contributed by atoms with Gasteiger partial charge in [0.25, 0.3) is 0 Å². The molecular formula is C19H25N5O3. The Morgan fingerprint density at radius 1 is 1.19 bits per heavy atom. The van der Waals surface area contributed by atoms with Gasteiger partial charge in [-0.25, -0.2) is 14.8 Å². The van der Waals surface area contributed by atoms with Gasteiger partial charge in [-0.15, -0.1) is 0 Å².